The Morgan fingerprint density at radius 3 is 2.59 bits per heavy atom. The molecule has 3 rings (SSSR count). The summed E-state index contributed by atoms with van der Waals surface area (Å²) in [5.74, 6) is 2.40. The average molecular weight is 374 g/mol. The largest absolute Gasteiger partial charge is 0.484 e. The van der Waals surface area contributed by atoms with E-state index < -0.39 is 0 Å². The van der Waals surface area contributed by atoms with Crippen molar-refractivity contribution in [3.63, 3.8) is 0 Å². The zero-order valence-corrected chi connectivity index (χ0v) is 15.9. The summed E-state index contributed by atoms with van der Waals surface area (Å²) in [5.41, 5.74) is 0. The van der Waals surface area contributed by atoms with Gasteiger partial charge in [-0.25, -0.2) is 4.39 Å². The van der Waals surface area contributed by atoms with Crippen molar-refractivity contribution < 1.29 is 18.3 Å². The fourth-order valence-electron chi connectivity index (χ4n) is 3.32. The van der Waals surface area contributed by atoms with Crippen molar-refractivity contribution in [1.82, 2.24) is 10.2 Å². The molecule has 1 aliphatic rings. The highest BCUT2D eigenvalue weighted by Crippen LogP contribution is 2.27. The Hall–Kier alpha value is -2.34. The molecule has 5 nitrogen and oxygen atoms in total. The number of furan rings is 1. The van der Waals surface area contributed by atoms with E-state index >= 15 is 0 Å². The van der Waals surface area contributed by atoms with Gasteiger partial charge in [0.05, 0.1) is 6.04 Å². The van der Waals surface area contributed by atoms with Crippen molar-refractivity contribution >= 4 is 5.91 Å². The van der Waals surface area contributed by atoms with Crippen LogP contribution in [0.4, 0.5) is 4.39 Å². The molecule has 1 fully saturated rings. The van der Waals surface area contributed by atoms with Crippen LogP contribution in [-0.2, 0) is 4.79 Å². The first-order valence-electron chi connectivity index (χ1n) is 9.46. The van der Waals surface area contributed by atoms with E-state index in [1.165, 1.54) is 24.3 Å². The summed E-state index contributed by atoms with van der Waals surface area (Å²) < 4.78 is 24.2. The van der Waals surface area contributed by atoms with E-state index in [0.29, 0.717) is 12.3 Å². The number of aryl methyl sites for hydroxylation is 1. The first kappa shape index (κ1) is 19.4. The molecule has 2 aromatic rings. The minimum atomic E-state index is -0.334. The number of hydrogen-bond acceptors (Lipinski definition) is 4. The van der Waals surface area contributed by atoms with Crippen molar-refractivity contribution in [2.75, 3.05) is 26.2 Å². The molecule has 0 aliphatic carbocycles. The van der Waals surface area contributed by atoms with Gasteiger partial charge in [0.25, 0.3) is 5.91 Å². The van der Waals surface area contributed by atoms with Crippen molar-refractivity contribution in [3.8, 4) is 5.75 Å². The van der Waals surface area contributed by atoms with E-state index in [-0.39, 0.29) is 24.4 Å². The van der Waals surface area contributed by atoms with E-state index in [2.05, 4.69) is 17.1 Å². The summed E-state index contributed by atoms with van der Waals surface area (Å²) in [5, 5.41) is 2.94. The van der Waals surface area contributed by atoms with Gasteiger partial charge in [0.1, 0.15) is 23.1 Å². The van der Waals surface area contributed by atoms with Gasteiger partial charge in [0.2, 0.25) is 0 Å². The lowest BCUT2D eigenvalue weighted by Crippen LogP contribution is -2.42. The molecule has 0 saturated carbocycles. The van der Waals surface area contributed by atoms with Gasteiger partial charge in [0.15, 0.2) is 6.61 Å². The third-order valence-electron chi connectivity index (χ3n) is 5.02. The van der Waals surface area contributed by atoms with Crippen molar-refractivity contribution in [2.24, 2.45) is 5.92 Å². The Balaban J connectivity index is 1.55. The van der Waals surface area contributed by atoms with E-state index in [9.17, 15) is 9.18 Å². The smallest absolute Gasteiger partial charge is 0.258 e. The monoisotopic (exact) mass is 374 g/mol. The molecule has 0 radical (unpaired) electrons. The molecule has 1 atom stereocenters. The lowest BCUT2D eigenvalue weighted by atomic mass is 9.97. The summed E-state index contributed by atoms with van der Waals surface area (Å²) in [6.45, 7) is 6.55. The zero-order valence-electron chi connectivity index (χ0n) is 15.9. The first-order valence-corrected chi connectivity index (χ1v) is 9.46. The van der Waals surface area contributed by atoms with Crippen molar-refractivity contribution in [1.29, 1.82) is 0 Å². The maximum Gasteiger partial charge on any atom is 0.258 e. The van der Waals surface area contributed by atoms with Crippen LogP contribution in [0.15, 0.2) is 40.8 Å². The Labute approximate surface area is 159 Å². The number of piperidine rings is 1. The number of hydrogen-bond donors (Lipinski definition) is 1. The minimum absolute atomic E-state index is 0.0148. The highest BCUT2D eigenvalue weighted by atomic mass is 19.1. The second-order valence-corrected chi connectivity index (χ2v) is 7.23. The maximum absolute atomic E-state index is 12.9. The van der Waals surface area contributed by atoms with Gasteiger partial charge in [-0.2, -0.15) is 0 Å². The number of carbonyl (C=O) groups excluding carboxylic acids is 1. The van der Waals surface area contributed by atoms with Crippen LogP contribution in [0.2, 0.25) is 0 Å². The van der Waals surface area contributed by atoms with E-state index in [1.807, 2.05) is 19.1 Å². The van der Waals surface area contributed by atoms with Crippen molar-refractivity contribution in [2.45, 2.75) is 32.7 Å². The van der Waals surface area contributed by atoms with Crippen LogP contribution in [0.1, 0.15) is 37.3 Å². The summed E-state index contributed by atoms with van der Waals surface area (Å²) in [7, 11) is 0. The van der Waals surface area contributed by atoms with Crippen LogP contribution < -0.4 is 10.1 Å². The van der Waals surface area contributed by atoms with Crippen LogP contribution in [0, 0.1) is 18.7 Å². The maximum atomic E-state index is 12.9. The molecule has 0 bridgehead atoms. The molecule has 0 unspecified atom stereocenters. The Bertz CT molecular complexity index is 736. The normalized spacial score (nSPS) is 16.9. The van der Waals surface area contributed by atoms with Crippen LogP contribution in [0.25, 0.3) is 0 Å². The van der Waals surface area contributed by atoms with Crippen LogP contribution in [-0.4, -0.2) is 37.0 Å². The Morgan fingerprint density at radius 2 is 1.96 bits per heavy atom. The second kappa shape index (κ2) is 9.04. The number of rotatable bonds is 7. The minimum Gasteiger partial charge on any atom is -0.484 e. The van der Waals surface area contributed by atoms with Crippen molar-refractivity contribution in [3.05, 3.63) is 53.7 Å². The molecule has 1 N–H and O–H groups in total. The van der Waals surface area contributed by atoms with E-state index in [1.54, 1.807) is 0 Å². The highest BCUT2D eigenvalue weighted by molar-refractivity contribution is 5.77. The van der Waals surface area contributed by atoms with Gasteiger partial charge in [-0.15, -0.1) is 0 Å². The number of carbonyl (C=O) groups is 1. The van der Waals surface area contributed by atoms with Gasteiger partial charge in [-0.3, -0.25) is 9.69 Å². The topological polar surface area (TPSA) is 54.7 Å². The molecule has 2 heterocycles. The molecule has 1 aromatic heterocycles. The Kier molecular flexibility index (Phi) is 6.50. The van der Waals surface area contributed by atoms with Crippen LogP contribution >= 0.6 is 0 Å². The molecular formula is C21H27FN2O3. The average Bonchev–Trinajstić information content (AvgIpc) is 3.09. The van der Waals surface area contributed by atoms with Gasteiger partial charge in [-0.05, 0) is 75.2 Å². The fourth-order valence-corrected chi connectivity index (χ4v) is 3.32. The Morgan fingerprint density at radius 1 is 1.26 bits per heavy atom. The third-order valence-corrected chi connectivity index (χ3v) is 5.02. The van der Waals surface area contributed by atoms with Crippen LogP contribution in [0.5, 0.6) is 5.75 Å². The molecule has 27 heavy (non-hydrogen) atoms. The predicted molar refractivity (Wildman–Crippen MR) is 101 cm³/mol. The highest BCUT2D eigenvalue weighted by Gasteiger charge is 2.27. The van der Waals surface area contributed by atoms with E-state index in [4.69, 9.17) is 9.15 Å². The quantitative estimate of drug-likeness (QED) is 0.803. The van der Waals surface area contributed by atoms with Gasteiger partial charge in [-0.1, -0.05) is 6.92 Å². The number of ether oxygens (including phenoxy) is 1. The number of nitrogens with zero attached hydrogens (tertiary/aromatic N) is 1. The SMILES string of the molecule is Cc1ccc([C@H](CNC(=O)COc2ccc(F)cc2)N2CCC(C)CC2)o1. The third kappa shape index (κ3) is 5.57. The van der Waals surface area contributed by atoms with Crippen LogP contribution in [0.3, 0.4) is 0 Å². The number of benzene rings is 1. The standard InChI is InChI=1S/C21H27FN2O3/c1-15-9-11-24(12-10-15)19(20-8-3-16(2)27-20)13-23-21(25)14-26-18-6-4-17(22)5-7-18/h3-8,15,19H,9-14H2,1-2H3,(H,23,25)/t19-/m0/s1. The second-order valence-electron chi connectivity index (χ2n) is 7.23. The summed E-state index contributed by atoms with van der Waals surface area (Å²) in [6.07, 6.45) is 2.30. The fraction of sp³-hybridized carbons (Fsp3) is 0.476. The summed E-state index contributed by atoms with van der Waals surface area (Å²) >= 11 is 0. The zero-order chi connectivity index (χ0) is 19.2. The molecule has 1 saturated heterocycles. The lowest BCUT2D eigenvalue weighted by Gasteiger charge is -2.35. The molecule has 1 amide bonds. The van der Waals surface area contributed by atoms with Gasteiger partial charge >= 0.3 is 0 Å². The summed E-state index contributed by atoms with van der Waals surface area (Å²) in [6, 6.07) is 9.58. The molecule has 146 valence electrons. The number of nitrogens with one attached hydrogen (secondary N) is 1. The lowest BCUT2D eigenvalue weighted by molar-refractivity contribution is -0.123. The number of amides is 1. The van der Waals surface area contributed by atoms with Gasteiger partial charge in [0, 0.05) is 6.54 Å². The molecule has 6 heteroatoms. The van der Waals surface area contributed by atoms with E-state index in [0.717, 1.165) is 43.4 Å². The number of halogens is 1. The first-order chi connectivity index (χ1) is 13.0. The molecule has 0 spiro atoms. The molecule has 1 aromatic carbocycles. The number of likely N-dealkylation sites (tertiary alicyclic amines) is 1. The van der Waals surface area contributed by atoms with Gasteiger partial charge < -0.3 is 14.5 Å². The molecular weight excluding hydrogens is 347 g/mol. The predicted octanol–water partition coefficient (Wildman–Crippen LogP) is 3.70. The molecule has 1 aliphatic heterocycles. The summed E-state index contributed by atoms with van der Waals surface area (Å²) in [4.78, 5) is 14.6.